The van der Waals surface area contributed by atoms with Crippen molar-refractivity contribution in [1.29, 1.82) is 0 Å². The van der Waals surface area contributed by atoms with Crippen LogP contribution < -0.4 is 0 Å². The average Bonchev–Trinajstić information content (AvgIpc) is 2.55. The lowest BCUT2D eigenvalue weighted by atomic mass is 9.69. The van der Waals surface area contributed by atoms with E-state index in [-0.39, 0.29) is 0 Å². The molecule has 21 heavy (non-hydrogen) atoms. The molecule has 1 heteroatoms. The summed E-state index contributed by atoms with van der Waals surface area (Å²) in [7, 11) is 0. The Labute approximate surface area is 133 Å². The van der Waals surface area contributed by atoms with E-state index >= 15 is 0 Å². The van der Waals surface area contributed by atoms with Crippen molar-refractivity contribution in [2.45, 2.75) is 79.6 Å². The Morgan fingerprint density at radius 2 is 1.90 bits per heavy atom. The van der Waals surface area contributed by atoms with E-state index in [1.54, 1.807) is 5.57 Å². The molecule has 1 N–H and O–H groups in total. The third kappa shape index (κ3) is 7.31. The van der Waals surface area contributed by atoms with Gasteiger partial charge in [0.2, 0.25) is 0 Å². The summed E-state index contributed by atoms with van der Waals surface area (Å²) in [6, 6.07) is 0. The van der Waals surface area contributed by atoms with Gasteiger partial charge in [-0.25, -0.2) is 0 Å². The van der Waals surface area contributed by atoms with Crippen LogP contribution in [0.5, 0.6) is 0 Å². The van der Waals surface area contributed by atoms with Crippen LogP contribution in [0.15, 0.2) is 23.8 Å². The third-order valence-corrected chi connectivity index (χ3v) is 4.54. The highest BCUT2D eigenvalue weighted by molar-refractivity contribution is 5.28. The van der Waals surface area contributed by atoms with Crippen molar-refractivity contribution in [2.75, 3.05) is 6.61 Å². The highest BCUT2D eigenvalue weighted by Gasteiger charge is 2.30. The molecule has 3 unspecified atom stereocenters. The predicted molar refractivity (Wildman–Crippen MR) is 95.5 cm³/mol. The highest BCUT2D eigenvalue weighted by Crippen LogP contribution is 2.41. The fourth-order valence-corrected chi connectivity index (χ4v) is 3.37. The monoisotopic (exact) mass is 294 g/mol. The Bertz CT molecular complexity index is 286. The van der Waals surface area contributed by atoms with Gasteiger partial charge in [-0.05, 0) is 49.0 Å². The summed E-state index contributed by atoms with van der Waals surface area (Å²) >= 11 is 0. The van der Waals surface area contributed by atoms with Gasteiger partial charge in [-0.3, -0.25) is 0 Å². The number of hydrogen-bond donors (Lipinski definition) is 1. The number of allylic oxidation sites excluding steroid dienone is 4. The van der Waals surface area contributed by atoms with Crippen molar-refractivity contribution in [3.05, 3.63) is 23.8 Å². The van der Waals surface area contributed by atoms with Gasteiger partial charge in [-0.15, -0.1) is 0 Å². The molecule has 0 spiro atoms. The number of rotatable bonds is 4. The van der Waals surface area contributed by atoms with E-state index in [0.29, 0.717) is 6.61 Å². The predicted octanol–water partition coefficient (Wildman–Crippen LogP) is 6.14. The zero-order chi connectivity index (χ0) is 16.1. The lowest BCUT2D eigenvalue weighted by Crippen LogP contribution is -2.26. The summed E-state index contributed by atoms with van der Waals surface area (Å²) in [5.74, 6) is 2.60. The second-order valence-corrected chi connectivity index (χ2v) is 5.96. The van der Waals surface area contributed by atoms with Gasteiger partial charge in [-0.2, -0.15) is 0 Å². The molecule has 0 radical (unpaired) electrons. The lowest BCUT2D eigenvalue weighted by molar-refractivity contribution is 0.268. The molecule has 2 rings (SSSR count). The number of hydrogen-bond acceptors (Lipinski definition) is 1. The highest BCUT2D eigenvalue weighted by atomic mass is 16.2. The molecule has 0 aliphatic heterocycles. The molecule has 0 fully saturated rings. The van der Waals surface area contributed by atoms with E-state index in [0.717, 1.165) is 30.6 Å². The zero-order valence-electron chi connectivity index (χ0n) is 15.1. The van der Waals surface area contributed by atoms with Gasteiger partial charge < -0.3 is 5.11 Å². The Morgan fingerprint density at radius 1 is 1.19 bits per heavy atom. The van der Waals surface area contributed by atoms with Crippen molar-refractivity contribution in [3.63, 3.8) is 0 Å². The van der Waals surface area contributed by atoms with Crippen molar-refractivity contribution in [1.82, 2.24) is 0 Å². The Kier molecular flexibility index (Phi) is 12.8. The maximum atomic E-state index is 8.20. The topological polar surface area (TPSA) is 20.2 Å². The average molecular weight is 295 g/mol. The summed E-state index contributed by atoms with van der Waals surface area (Å²) in [6.07, 6.45) is 16.0. The minimum atomic E-state index is 0.355. The van der Waals surface area contributed by atoms with Crippen molar-refractivity contribution < 1.29 is 5.11 Å². The first kappa shape index (κ1) is 20.4. The van der Waals surface area contributed by atoms with Crippen LogP contribution in [0.25, 0.3) is 0 Å². The van der Waals surface area contributed by atoms with E-state index in [4.69, 9.17) is 5.11 Å². The Hall–Kier alpha value is -0.560. The maximum Gasteiger partial charge on any atom is 0.0431 e. The van der Waals surface area contributed by atoms with Gasteiger partial charge in [-0.1, -0.05) is 72.1 Å². The van der Waals surface area contributed by atoms with Gasteiger partial charge >= 0.3 is 0 Å². The molecule has 1 nitrogen and oxygen atoms in total. The van der Waals surface area contributed by atoms with Crippen LogP contribution in [0.1, 0.15) is 79.6 Å². The minimum absolute atomic E-state index is 0.355. The first-order valence-corrected chi connectivity index (χ1v) is 9.23. The molecule has 124 valence electrons. The summed E-state index contributed by atoms with van der Waals surface area (Å²) in [4.78, 5) is 0. The van der Waals surface area contributed by atoms with Gasteiger partial charge in [0, 0.05) is 6.61 Å². The number of aliphatic hydroxyl groups excluding tert-OH is 1. The maximum absolute atomic E-state index is 8.20. The van der Waals surface area contributed by atoms with E-state index in [9.17, 15) is 0 Å². The van der Waals surface area contributed by atoms with Gasteiger partial charge in [0.15, 0.2) is 0 Å². The SMILES string of the molecule is CC.CCC1C(C)C=CC2=CCCCC21.CCCCCO. The molecule has 3 atom stereocenters. The van der Waals surface area contributed by atoms with Crippen LogP contribution in [0, 0.1) is 17.8 Å². The summed E-state index contributed by atoms with van der Waals surface area (Å²) in [5.41, 5.74) is 1.64. The molecular formula is C20H38O. The molecular weight excluding hydrogens is 256 g/mol. The first-order valence-electron chi connectivity index (χ1n) is 9.23. The van der Waals surface area contributed by atoms with Crippen LogP contribution in [0.3, 0.4) is 0 Å². The molecule has 0 saturated heterocycles. The summed E-state index contributed by atoms with van der Waals surface area (Å²) < 4.78 is 0. The molecule has 0 saturated carbocycles. The van der Waals surface area contributed by atoms with E-state index < -0.39 is 0 Å². The lowest BCUT2D eigenvalue weighted by Gasteiger charge is -2.36. The molecule has 0 aromatic heterocycles. The fraction of sp³-hybridized carbons (Fsp3) is 0.800. The van der Waals surface area contributed by atoms with Crippen LogP contribution in [0.4, 0.5) is 0 Å². The van der Waals surface area contributed by atoms with E-state index in [1.165, 1.54) is 32.1 Å². The van der Waals surface area contributed by atoms with Crippen molar-refractivity contribution in [2.24, 2.45) is 17.8 Å². The summed E-state index contributed by atoms with van der Waals surface area (Å²) in [6.45, 7) is 11.2. The van der Waals surface area contributed by atoms with Crippen LogP contribution >= 0.6 is 0 Å². The molecule has 2 aliphatic rings. The minimum Gasteiger partial charge on any atom is -0.396 e. The Balaban J connectivity index is 0.000000427. The number of fused-ring (bicyclic) bond motifs is 1. The second-order valence-electron chi connectivity index (χ2n) is 5.96. The Morgan fingerprint density at radius 3 is 2.43 bits per heavy atom. The third-order valence-electron chi connectivity index (χ3n) is 4.54. The van der Waals surface area contributed by atoms with Gasteiger partial charge in [0.1, 0.15) is 0 Å². The second kappa shape index (κ2) is 13.1. The van der Waals surface area contributed by atoms with Crippen LogP contribution in [-0.4, -0.2) is 11.7 Å². The molecule has 0 heterocycles. The quantitative estimate of drug-likeness (QED) is 0.617. The van der Waals surface area contributed by atoms with Crippen LogP contribution in [-0.2, 0) is 0 Å². The number of unbranched alkanes of at least 4 members (excludes halogenated alkanes) is 2. The molecule has 0 bridgehead atoms. The molecule has 0 aromatic rings. The van der Waals surface area contributed by atoms with Gasteiger partial charge in [0.05, 0.1) is 0 Å². The summed E-state index contributed by atoms with van der Waals surface area (Å²) in [5, 5.41) is 8.20. The normalized spacial score (nSPS) is 26.6. The number of aliphatic hydroxyl groups is 1. The first-order chi connectivity index (χ1) is 10.2. The van der Waals surface area contributed by atoms with Crippen molar-refractivity contribution >= 4 is 0 Å². The van der Waals surface area contributed by atoms with Gasteiger partial charge in [0.25, 0.3) is 0 Å². The van der Waals surface area contributed by atoms with E-state index in [2.05, 4.69) is 39.0 Å². The standard InChI is InChI=1S/C13H20.C5H12O.C2H6/c1-3-12-10(2)8-9-11-6-4-5-7-13(11)12;1-2-3-4-5-6;1-2/h6,8-10,12-13H,3-5,7H2,1-2H3;6H,2-5H2,1H3;1-2H3. The molecule has 2 aliphatic carbocycles. The molecule has 0 aromatic carbocycles. The van der Waals surface area contributed by atoms with Crippen LogP contribution in [0.2, 0.25) is 0 Å². The largest absolute Gasteiger partial charge is 0.396 e. The smallest absolute Gasteiger partial charge is 0.0431 e. The zero-order valence-corrected chi connectivity index (χ0v) is 15.1. The molecule has 0 amide bonds. The fourth-order valence-electron chi connectivity index (χ4n) is 3.37. The van der Waals surface area contributed by atoms with E-state index in [1.807, 2.05) is 13.8 Å². The van der Waals surface area contributed by atoms with Crippen molar-refractivity contribution in [3.8, 4) is 0 Å².